The van der Waals surface area contributed by atoms with E-state index in [0.717, 1.165) is 34.4 Å². The summed E-state index contributed by atoms with van der Waals surface area (Å²) in [6.45, 7) is 1.05. The summed E-state index contributed by atoms with van der Waals surface area (Å²) in [6.07, 6.45) is -3.03. The third-order valence-corrected chi connectivity index (χ3v) is 7.46. The number of aromatic nitrogens is 4. The average Bonchev–Trinajstić information content (AvgIpc) is 3.51. The molecular weight excluding hydrogens is 593 g/mol. The number of halogens is 3. The van der Waals surface area contributed by atoms with Crippen molar-refractivity contribution in [1.29, 1.82) is 5.26 Å². The molecule has 0 aliphatic heterocycles. The van der Waals surface area contributed by atoms with Crippen molar-refractivity contribution in [3.05, 3.63) is 126 Å². The van der Waals surface area contributed by atoms with Crippen molar-refractivity contribution >= 4 is 16.6 Å². The van der Waals surface area contributed by atoms with Gasteiger partial charge in [-0.3, -0.25) is 0 Å². The number of methoxy groups -OCH3 is 2. The van der Waals surface area contributed by atoms with Crippen molar-refractivity contribution in [1.82, 2.24) is 19.7 Å². The summed E-state index contributed by atoms with van der Waals surface area (Å²) < 4.78 is 52.2. The third kappa shape index (κ3) is 6.46. The molecule has 0 radical (unpaired) electrons. The Morgan fingerprint density at radius 1 is 0.804 bits per heavy atom. The van der Waals surface area contributed by atoms with Crippen LogP contribution >= 0.6 is 0 Å². The van der Waals surface area contributed by atoms with Crippen LogP contribution in [0.1, 0.15) is 22.5 Å². The Hall–Kier alpha value is -5.89. The van der Waals surface area contributed by atoms with Gasteiger partial charge in [0.05, 0.1) is 31.6 Å². The number of benzene rings is 3. The standard InChI is InChI=1S/C35H27F3N6O2/c1-45-29-12-6-23(7-13-29)21-43(22-24-8-14-30(46-2)15-9-24)28-17-27(19-39)41-31(18-28)25-10-11-26-20-40-44(32(26)16-25)34-5-3-4-33(42-34)35(36,37)38/h3-18,20H,21-22H2,1-2H3. The highest BCUT2D eigenvalue weighted by Gasteiger charge is 2.32. The van der Waals surface area contributed by atoms with Gasteiger partial charge in [0, 0.05) is 29.7 Å². The van der Waals surface area contributed by atoms with Gasteiger partial charge in [0.2, 0.25) is 0 Å². The highest BCUT2D eigenvalue weighted by atomic mass is 19.4. The van der Waals surface area contributed by atoms with Gasteiger partial charge in [-0.05, 0) is 65.7 Å². The summed E-state index contributed by atoms with van der Waals surface area (Å²) in [7, 11) is 3.24. The van der Waals surface area contributed by atoms with Crippen LogP contribution in [0.3, 0.4) is 0 Å². The van der Waals surface area contributed by atoms with E-state index < -0.39 is 11.9 Å². The molecule has 3 heterocycles. The maximum absolute atomic E-state index is 13.4. The zero-order chi connectivity index (χ0) is 32.3. The zero-order valence-corrected chi connectivity index (χ0v) is 24.9. The van der Waals surface area contributed by atoms with Gasteiger partial charge >= 0.3 is 6.18 Å². The van der Waals surface area contributed by atoms with Crippen LogP contribution in [0.5, 0.6) is 11.5 Å². The second-order valence-electron chi connectivity index (χ2n) is 10.5. The molecule has 0 amide bonds. The van der Waals surface area contributed by atoms with Crippen LogP contribution in [-0.4, -0.2) is 34.0 Å². The Bertz CT molecular complexity index is 1980. The molecule has 3 aromatic carbocycles. The Morgan fingerprint density at radius 3 is 2.04 bits per heavy atom. The van der Waals surface area contributed by atoms with Crippen LogP contribution in [0.4, 0.5) is 18.9 Å². The molecule has 0 atom stereocenters. The van der Waals surface area contributed by atoms with Crippen molar-refractivity contribution in [2.75, 3.05) is 19.1 Å². The van der Waals surface area contributed by atoms with Gasteiger partial charge in [-0.2, -0.15) is 23.5 Å². The molecule has 0 spiro atoms. The van der Waals surface area contributed by atoms with Gasteiger partial charge < -0.3 is 14.4 Å². The number of ether oxygens (including phenoxy) is 2. The molecule has 6 rings (SSSR count). The second-order valence-corrected chi connectivity index (χ2v) is 10.5. The van der Waals surface area contributed by atoms with E-state index in [9.17, 15) is 18.4 Å². The fourth-order valence-corrected chi connectivity index (χ4v) is 5.10. The molecule has 0 N–H and O–H groups in total. The molecule has 0 unspecified atom stereocenters. The molecule has 46 heavy (non-hydrogen) atoms. The highest BCUT2D eigenvalue weighted by Crippen LogP contribution is 2.31. The molecule has 3 aromatic heterocycles. The first-order chi connectivity index (χ1) is 22.2. The van der Waals surface area contributed by atoms with Crippen molar-refractivity contribution in [3.8, 4) is 34.6 Å². The van der Waals surface area contributed by atoms with Crippen molar-refractivity contribution < 1.29 is 22.6 Å². The molecule has 6 aromatic rings. The number of hydrogen-bond donors (Lipinski definition) is 0. The number of anilines is 1. The molecule has 11 heteroatoms. The van der Waals surface area contributed by atoms with E-state index >= 15 is 0 Å². The number of rotatable bonds is 9. The van der Waals surface area contributed by atoms with Crippen LogP contribution in [0.25, 0.3) is 28.0 Å². The van der Waals surface area contributed by atoms with Crippen LogP contribution in [0.2, 0.25) is 0 Å². The zero-order valence-electron chi connectivity index (χ0n) is 24.9. The first-order valence-corrected chi connectivity index (χ1v) is 14.2. The van der Waals surface area contributed by atoms with Gasteiger partial charge in [-0.15, -0.1) is 0 Å². The molecular formula is C35H27F3N6O2. The van der Waals surface area contributed by atoms with E-state index in [-0.39, 0.29) is 11.5 Å². The minimum Gasteiger partial charge on any atom is -0.497 e. The summed E-state index contributed by atoms with van der Waals surface area (Å²) in [5.74, 6) is 1.53. The Morgan fingerprint density at radius 2 is 1.46 bits per heavy atom. The molecule has 8 nitrogen and oxygen atoms in total. The Balaban J connectivity index is 1.41. The van der Waals surface area contributed by atoms with E-state index in [2.05, 4.69) is 26.0 Å². The number of nitriles is 1. The fraction of sp³-hybridized carbons (Fsp3) is 0.143. The Labute approximate surface area is 262 Å². The quantitative estimate of drug-likeness (QED) is 0.165. The average molecular weight is 621 g/mol. The number of nitrogens with zero attached hydrogens (tertiary/aromatic N) is 6. The van der Waals surface area contributed by atoms with Gasteiger partial charge in [0.25, 0.3) is 0 Å². The van der Waals surface area contributed by atoms with E-state index in [4.69, 9.17) is 9.47 Å². The van der Waals surface area contributed by atoms with Crippen LogP contribution in [0, 0.1) is 11.3 Å². The molecule has 0 fully saturated rings. The molecule has 230 valence electrons. The lowest BCUT2D eigenvalue weighted by atomic mass is 10.1. The predicted molar refractivity (Wildman–Crippen MR) is 168 cm³/mol. The molecule has 0 aliphatic carbocycles. The van der Waals surface area contributed by atoms with E-state index in [1.54, 1.807) is 32.5 Å². The van der Waals surface area contributed by atoms with Crippen LogP contribution in [-0.2, 0) is 19.3 Å². The van der Waals surface area contributed by atoms with Gasteiger partial charge in [-0.1, -0.05) is 42.5 Å². The normalized spacial score (nSPS) is 11.3. The maximum atomic E-state index is 13.4. The van der Waals surface area contributed by atoms with E-state index in [0.29, 0.717) is 35.2 Å². The highest BCUT2D eigenvalue weighted by molar-refractivity contribution is 5.85. The lowest BCUT2D eigenvalue weighted by molar-refractivity contribution is -0.141. The largest absolute Gasteiger partial charge is 0.497 e. The van der Waals surface area contributed by atoms with Crippen LogP contribution in [0.15, 0.2) is 103 Å². The number of alkyl halides is 3. The topological polar surface area (TPSA) is 89.1 Å². The van der Waals surface area contributed by atoms with Gasteiger partial charge in [0.15, 0.2) is 5.82 Å². The van der Waals surface area contributed by atoms with Crippen molar-refractivity contribution in [2.45, 2.75) is 19.3 Å². The smallest absolute Gasteiger partial charge is 0.433 e. The number of pyridine rings is 2. The lowest BCUT2D eigenvalue weighted by Gasteiger charge is -2.26. The summed E-state index contributed by atoms with van der Waals surface area (Å²) in [5.41, 5.74) is 3.77. The van der Waals surface area contributed by atoms with E-state index in [1.807, 2.05) is 66.7 Å². The number of fused-ring (bicyclic) bond motifs is 1. The molecule has 0 aliphatic rings. The molecule has 0 saturated carbocycles. The fourth-order valence-electron chi connectivity index (χ4n) is 5.10. The third-order valence-electron chi connectivity index (χ3n) is 7.46. The van der Waals surface area contributed by atoms with E-state index in [1.165, 1.54) is 16.8 Å². The molecule has 0 bridgehead atoms. The SMILES string of the molecule is COc1ccc(CN(Cc2ccc(OC)cc2)c2cc(C#N)nc(-c3ccc4cnn(-c5cccc(C(F)(F)F)n5)c4c3)c2)cc1. The number of hydrogen-bond acceptors (Lipinski definition) is 7. The minimum atomic E-state index is -4.59. The minimum absolute atomic E-state index is 0.0338. The monoisotopic (exact) mass is 620 g/mol. The molecule has 0 saturated heterocycles. The van der Waals surface area contributed by atoms with Gasteiger partial charge in [0.1, 0.15) is 29.0 Å². The maximum Gasteiger partial charge on any atom is 0.433 e. The summed E-state index contributed by atoms with van der Waals surface area (Å²) in [4.78, 5) is 10.5. The predicted octanol–water partition coefficient (Wildman–Crippen LogP) is 7.60. The summed E-state index contributed by atoms with van der Waals surface area (Å²) in [6, 6.07) is 30.5. The van der Waals surface area contributed by atoms with Crippen LogP contribution < -0.4 is 14.4 Å². The van der Waals surface area contributed by atoms with Crippen molar-refractivity contribution in [3.63, 3.8) is 0 Å². The van der Waals surface area contributed by atoms with Crippen molar-refractivity contribution in [2.24, 2.45) is 0 Å². The summed E-state index contributed by atoms with van der Waals surface area (Å²) in [5, 5.41) is 15.0. The second kappa shape index (κ2) is 12.6. The lowest BCUT2D eigenvalue weighted by Crippen LogP contribution is -2.22. The Kier molecular flexibility index (Phi) is 8.27. The first-order valence-electron chi connectivity index (χ1n) is 14.2. The van der Waals surface area contributed by atoms with Gasteiger partial charge in [-0.25, -0.2) is 14.6 Å². The first kappa shape index (κ1) is 30.1. The summed E-state index contributed by atoms with van der Waals surface area (Å²) >= 11 is 0.